The maximum absolute atomic E-state index is 5.77. The Labute approximate surface area is 92.8 Å². The molecule has 0 aliphatic carbocycles. The Morgan fingerprint density at radius 1 is 1.29 bits per heavy atom. The minimum atomic E-state index is 0.838. The number of halogens is 1. The number of rotatable bonds is 3. The van der Waals surface area contributed by atoms with Gasteiger partial charge in [0.1, 0.15) is 0 Å². The smallest absolute Gasteiger partial charge is 0.0224 e. The highest BCUT2D eigenvalue weighted by Crippen LogP contribution is 2.36. The van der Waals surface area contributed by atoms with Crippen molar-refractivity contribution in [3.63, 3.8) is 0 Å². The monoisotopic (exact) mass is 215 g/mol. The van der Waals surface area contributed by atoms with Crippen LogP contribution in [0.1, 0.15) is 45.4 Å². The average molecular weight is 216 g/mol. The number of hydrogen-bond acceptors (Lipinski definition) is 1. The Hall–Kier alpha value is 0.250. The zero-order valence-electron chi connectivity index (χ0n) is 9.21. The molecule has 2 aliphatic heterocycles. The van der Waals surface area contributed by atoms with Crippen molar-refractivity contribution < 1.29 is 0 Å². The van der Waals surface area contributed by atoms with Crippen molar-refractivity contribution in [3.05, 3.63) is 0 Å². The van der Waals surface area contributed by atoms with Crippen molar-refractivity contribution in [1.29, 1.82) is 0 Å². The van der Waals surface area contributed by atoms with Gasteiger partial charge in [0.15, 0.2) is 0 Å². The van der Waals surface area contributed by atoms with Gasteiger partial charge >= 0.3 is 0 Å². The molecule has 2 rings (SSSR count). The van der Waals surface area contributed by atoms with E-state index in [-0.39, 0.29) is 0 Å². The van der Waals surface area contributed by atoms with Crippen LogP contribution in [0.4, 0.5) is 0 Å². The topological polar surface area (TPSA) is 3.24 Å². The predicted octanol–water partition coefficient (Wildman–Crippen LogP) is 3.27. The first kappa shape index (κ1) is 10.8. The summed E-state index contributed by atoms with van der Waals surface area (Å²) < 4.78 is 0. The molecule has 2 saturated heterocycles. The molecule has 0 unspecified atom stereocenters. The molecule has 82 valence electrons. The molecule has 1 nitrogen and oxygen atoms in total. The molecule has 0 spiro atoms. The fourth-order valence-corrected chi connectivity index (χ4v) is 3.47. The zero-order chi connectivity index (χ0) is 9.97. The van der Waals surface area contributed by atoms with Gasteiger partial charge in [-0.3, -0.25) is 4.90 Å². The first-order valence-electron chi connectivity index (χ1n) is 6.14. The lowest BCUT2D eigenvalue weighted by Crippen LogP contribution is -2.46. The lowest BCUT2D eigenvalue weighted by atomic mass is 9.86. The molecule has 0 N–H and O–H groups in total. The first-order valence-corrected chi connectivity index (χ1v) is 6.68. The van der Waals surface area contributed by atoms with Gasteiger partial charge in [0.25, 0.3) is 0 Å². The summed E-state index contributed by atoms with van der Waals surface area (Å²) in [6.45, 7) is 3.78. The van der Waals surface area contributed by atoms with Crippen LogP contribution in [-0.2, 0) is 0 Å². The van der Waals surface area contributed by atoms with Gasteiger partial charge in [-0.25, -0.2) is 0 Å². The highest BCUT2D eigenvalue weighted by molar-refractivity contribution is 6.17. The number of piperidine rings is 1. The van der Waals surface area contributed by atoms with Gasteiger partial charge in [0.05, 0.1) is 0 Å². The lowest BCUT2D eigenvalue weighted by Gasteiger charge is -2.41. The molecule has 0 amide bonds. The van der Waals surface area contributed by atoms with Crippen LogP contribution < -0.4 is 0 Å². The zero-order valence-corrected chi connectivity index (χ0v) is 9.97. The maximum atomic E-state index is 5.77. The predicted molar refractivity (Wildman–Crippen MR) is 61.9 cm³/mol. The minimum Gasteiger partial charge on any atom is -0.297 e. The molecule has 0 saturated carbocycles. The molecular formula is C12H22ClN. The second-order valence-electron chi connectivity index (χ2n) is 4.99. The molecule has 3 atom stereocenters. The SMILES string of the molecule is C[C@@H]1CC[C@@H](CCCCl)N2CCC[C@@H]12. The van der Waals surface area contributed by atoms with Crippen LogP contribution in [0.15, 0.2) is 0 Å². The first-order chi connectivity index (χ1) is 6.83. The van der Waals surface area contributed by atoms with Crippen LogP contribution in [0.5, 0.6) is 0 Å². The van der Waals surface area contributed by atoms with Gasteiger partial charge < -0.3 is 0 Å². The molecule has 0 bridgehead atoms. The van der Waals surface area contributed by atoms with E-state index in [1.165, 1.54) is 45.1 Å². The van der Waals surface area contributed by atoms with Crippen molar-refractivity contribution in [2.75, 3.05) is 12.4 Å². The van der Waals surface area contributed by atoms with Gasteiger partial charge in [-0.2, -0.15) is 0 Å². The second-order valence-corrected chi connectivity index (χ2v) is 5.37. The summed E-state index contributed by atoms with van der Waals surface area (Å²) in [5.74, 6) is 1.77. The van der Waals surface area contributed by atoms with Crippen LogP contribution in [-0.4, -0.2) is 29.4 Å². The van der Waals surface area contributed by atoms with Crippen LogP contribution >= 0.6 is 11.6 Å². The van der Waals surface area contributed by atoms with E-state index in [1.807, 2.05) is 0 Å². The minimum absolute atomic E-state index is 0.838. The summed E-state index contributed by atoms with van der Waals surface area (Å²) in [4.78, 5) is 2.78. The largest absolute Gasteiger partial charge is 0.297 e. The maximum Gasteiger partial charge on any atom is 0.0224 e. The molecular weight excluding hydrogens is 194 g/mol. The van der Waals surface area contributed by atoms with Crippen molar-refractivity contribution in [3.8, 4) is 0 Å². The van der Waals surface area contributed by atoms with E-state index in [4.69, 9.17) is 11.6 Å². The van der Waals surface area contributed by atoms with Crippen LogP contribution in [0, 0.1) is 5.92 Å². The molecule has 0 radical (unpaired) electrons. The molecule has 0 aromatic carbocycles. The van der Waals surface area contributed by atoms with Gasteiger partial charge in [0.2, 0.25) is 0 Å². The quantitative estimate of drug-likeness (QED) is 0.654. The molecule has 0 aromatic rings. The van der Waals surface area contributed by atoms with Crippen molar-refractivity contribution in [2.45, 2.75) is 57.5 Å². The van der Waals surface area contributed by atoms with Gasteiger partial charge in [-0.1, -0.05) is 6.92 Å². The summed E-state index contributed by atoms with van der Waals surface area (Å²) in [6, 6.07) is 1.77. The van der Waals surface area contributed by atoms with E-state index in [2.05, 4.69) is 11.8 Å². The molecule has 2 heteroatoms. The third kappa shape index (κ3) is 2.09. The summed E-state index contributed by atoms with van der Waals surface area (Å²) in [5, 5.41) is 0. The Balaban J connectivity index is 1.92. The highest BCUT2D eigenvalue weighted by atomic mass is 35.5. The van der Waals surface area contributed by atoms with Crippen molar-refractivity contribution >= 4 is 11.6 Å². The third-order valence-electron chi connectivity index (χ3n) is 4.09. The number of fused-ring (bicyclic) bond motifs is 1. The lowest BCUT2D eigenvalue weighted by molar-refractivity contribution is 0.0764. The second kappa shape index (κ2) is 4.85. The van der Waals surface area contributed by atoms with Crippen molar-refractivity contribution in [1.82, 2.24) is 4.90 Å². The van der Waals surface area contributed by atoms with E-state index in [0.717, 1.165) is 23.9 Å². The van der Waals surface area contributed by atoms with E-state index < -0.39 is 0 Å². The van der Waals surface area contributed by atoms with Crippen LogP contribution in [0.3, 0.4) is 0 Å². The fraction of sp³-hybridized carbons (Fsp3) is 1.00. The summed E-state index contributed by atoms with van der Waals surface area (Å²) in [5.41, 5.74) is 0. The number of alkyl halides is 1. The molecule has 2 fully saturated rings. The summed E-state index contributed by atoms with van der Waals surface area (Å²) >= 11 is 5.77. The molecule has 0 aromatic heterocycles. The molecule has 14 heavy (non-hydrogen) atoms. The van der Waals surface area contributed by atoms with Crippen LogP contribution in [0.25, 0.3) is 0 Å². The summed E-state index contributed by atoms with van der Waals surface area (Å²) in [7, 11) is 0. The number of nitrogens with zero attached hydrogens (tertiary/aromatic N) is 1. The Morgan fingerprint density at radius 2 is 2.14 bits per heavy atom. The van der Waals surface area contributed by atoms with Gasteiger partial charge in [-0.15, -0.1) is 11.6 Å². The normalized spacial score (nSPS) is 38.6. The van der Waals surface area contributed by atoms with E-state index in [1.54, 1.807) is 0 Å². The standard InChI is InChI=1S/C12H22ClN/c1-10-6-7-11(4-2-8-13)14-9-3-5-12(10)14/h10-12H,2-9H2,1H3/t10-,11-,12+/m1/s1. The fourth-order valence-electron chi connectivity index (χ4n) is 3.32. The Morgan fingerprint density at radius 3 is 2.93 bits per heavy atom. The van der Waals surface area contributed by atoms with Crippen molar-refractivity contribution in [2.24, 2.45) is 5.92 Å². The molecule has 2 aliphatic rings. The third-order valence-corrected chi connectivity index (χ3v) is 4.36. The van der Waals surface area contributed by atoms with E-state index >= 15 is 0 Å². The van der Waals surface area contributed by atoms with Gasteiger partial charge in [-0.05, 0) is 51.0 Å². The van der Waals surface area contributed by atoms with E-state index in [9.17, 15) is 0 Å². The Bertz CT molecular complexity index is 181. The van der Waals surface area contributed by atoms with E-state index in [0.29, 0.717) is 0 Å². The molecule has 2 heterocycles. The van der Waals surface area contributed by atoms with Crippen LogP contribution in [0.2, 0.25) is 0 Å². The average Bonchev–Trinajstić information content (AvgIpc) is 2.66. The number of hydrogen-bond donors (Lipinski definition) is 0. The summed E-state index contributed by atoms with van der Waals surface area (Å²) in [6.07, 6.45) is 8.24. The Kier molecular flexibility index (Phi) is 3.73. The van der Waals surface area contributed by atoms with Gasteiger partial charge in [0, 0.05) is 18.0 Å². The highest BCUT2D eigenvalue weighted by Gasteiger charge is 2.37.